The SMILES string of the molecule is COc1cc(C(=O)N2CCn3nc(C4CC4)nc3[C@H]2C)cc(OC)c1OC. The van der Waals surface area contributed by atoms with Gasteiger partial charge in [-0.25, -0.2) is 9.67 Å². The predicted molar refractivity (Wildman–Crippen MR) is 97.5 cm³/mol. The van der Waals surface area contributed by atoms with E-state index in [4.69, 9.17) is 19.2 Å². The summed E-state index contributed by atoms with van der Waals surface area (Å²) >= 11 is 0. The van der Waals surface area contributed by atoms with Crippen LogP contribution in [0.15, 0.2) is 12.1 Å². The van der Waals surface area contributed by atoms with Gasteiger partial charge in [-0.15, -0.1) is 0 Å². The van der Waals surface area contributed by atoms with Crippen molar-refractivity contribution < 1.29 is 19.0 Å². The molecule has 1 saturated carbocycles. The van der Waals surface area contributed by atoms with Gasteiger partial charge in [-0.3, -0.25) is 4.79 Å². The first-order chi connectivity index (χ1) is 13.1. The summed E-state index contributed by atoms with van der Waals surface area (Å²) in [6.07, 6.45) is 2.32. The Morgan fingerprint density at radius 1 is 1.07 bits per heavy atom. The highest BCUT2D eigenvalue weighted by atomic mass is 16.5. The van der Waals surface area contributed by atoms with Crippen LogP contribution in [0.25, 0.3) is 0 Å². The van der Waals surface area contributed by atoms with Crippen LogP contribution in [0.4, 0.5) is 0 Å². The number of nitrogens with zero attached hydrogens (tertiary/aromatic N) is 4. The van der Waals surface area contributed by atoms with Crippen molar-refractivity contribution in [3.05, 3.63) is 29.3 Å². The molecular weight excluding hydrogens is 348 g/mol. The van der Waals surface area contributed by atoms with Crippen molar-refractivity contribution in [1.29, 1.82) is 0 Å². The minimum atomic E-state index is -0.148. The third-order valence-corrected chi connectivity index (χ3v) is 5.23. The molecule has 0 unspecified atom stereocenters. The van der Waals surface area contributed by atoms with E-state index in [2.05, 4.69) is 5.10 Å². The molecule has 0 bridgehead atoms. The molecule has 1 fully saturated rings. The average molecular weight is 372 g/mol. The maximum Gasteiger partial charge on any atom is 0.254 e. The van der Waals surface area contributed by atoms with E-state index in [1.165, 1.54) is 14.2 Å². The molecule has 1 aromatic heterocycles. The number of benzene rings is 1. The fourth-order valence-corrected chi connectivity index (χ4v) is 3.54. The summed E-state index contributed by atoms with van der Waals surface area (Å²) in [7, 11) is 4.62. The Balaban J connectivity index is 1.64. The van der Waals surface area contributed by atoms with Crippen LogP contribution in [0, 0.1) is 0 Å². The lowest BCUT2D eigenvalue weighted by molar-refractivity contribution is 0.0630. The van der Waals surface area contributed by atoms with Crippen molar-refractivity contribution in [2.75, 3.05) is 27.9 Å². The smallest absolute Gasteiger partial charge is 0.254 e. The number of aromatic nitrogens is 3. The van der Waals surface area contributed by atoms with Gasteiger partial charge in [0, 0.05) is 18.0 Å². The summed E-state index contributed by atoms with van der Waals surface area (Å²) in [6.45, 7) is 3.22. The van der Waals surface area contributed by atoms with E-state index < -0.39 is 0 Å². The lowest BCUT2D eigenvalue weighted by Gasteiger charge is -2.33. The molecule has 1 amide bonds. The zero-order valence-electron chi connectivity index (χ0n) is 16.1. The van der Waals surface area contributed by atoms with E-state index in [-0.39, 0.29) is 11.9 Å². The minimum Gasteiger partial charge on any atom is -0.493 e. The summed E-state index contributed by atoms with van der Waals surface area (Å²) in [5, 5.41) is 4.62. The molecule has 1 aliphatic carbocycles. The first kappa shape index (κ1) is 17.6. The lowest BCUT2D eigenvalue weighted by atomic mass is 10.1. The number of fused-ring (bicyclic) bond motifs is 1. The number of carbonyl (C=O) groups excluding carboxylic acids is 1. The highest BCUT2D eigenvalue weighted by Crippen LogP contribution is 2.40. The molecule has 1 aliphatic heterocycles. The molecule has 0 spiro atoms. The Hall–Kier alpha value is -2.77. The fourth-order valence-electron chi connectivity index (χ4n) is 3.54. The monoisotopic (exact) mass is 372 g/mol. The second-order valence-corrected chi connectivity index (χ2v) is 6.91. The molecule has 1 aromatic carbocycles. The maximum atomic E-state index is 13.2. The van der Waals surface area contributed by atoms with Gasteiger partial charge in [0.1, 0.15) is 5.82 Å². The number of ether oxygens (including phenoxy) is 3. The molecule has 0 radical (unpaired) electrons. The summed E-state index contributed by atoms with van der Waals surface area (Å²) in [4.78, 5) is 19.7. The van der Waals surface area contributed by atoms with Gasteiger partial charge in [-0.2, -0.15) is 5.10 Å². The number of rotatable bonds is 5. The Labute approximate surface area is 158 Å². The molecule has 2 aliphatic rings. The minimum absolute atomic E-state index is 0.0935. The molecule has 144 valence electrons. The van der Waals surface area contributed by atoms with E-state index in [0.29, 0.717) is 41.8 Å². The van der Waals surface area contributed by atoms with Crippen LogP contribution >= 0.6 is 0 Å². The first-order valence-corrected chi connectivity index (χ1v) is 9.13. The van der Waals surface area contributed by atoms with Crippen molar-refractivity contribution >= 4 is 5.91 Å². The molecule has 8 nitrogen and oxygen atoms in total. The zero-order valence-corrected chi connectivity index (χ0v) is 16.1. The number of hydrogen-bond donors (Lipinski definition) is 0. The van der Waals surface area contributed by atoms with Gasteiger partial charge in [0.25, 0.3) is 5.91 Å². The molecule has 0 saturated heterocycles. The summed E-state index contributed by atoms with van der Waals surface area (Å²) in [5.41, 5.74) is 0.492. The third kappa shape index (κ3) is 2.98. The fraction of sp³-hybridized carbons (Fsp3) is 0.526. The van der Waals surface area contributed by atoms with Crippen LogP contribution in [0.2, 0.25) is 0 Å². The number of hydrogen-bond acceptors (Lipinski definition) is 6. The summed E-state index contributed by atoms with van der Waals surface area (Å²) < 4.78 is 18.0. The quantitative estimate of drug-likeness (QED) is 0.802. The van der Waals surface area contributed by atoms with Crippen LogP contribution in [-0.2, 0) is 6.54 Å². The number of carbonyl (C=O) groups is 1. The van der Waals surface area contributed by atoms with Gasteiger partial charge in [-0.1, -0.05) is 0 Å². The standard InChI is InChI=1S/C19H24N4O4/c1-11-18-20-17(12-5-6-12)21-23(18)8-7-22(11)19(24)13-9-14(25-2)16(27-4)15(10-13)26-3/h9-12H,5-8H2,1-4H3/t11-/m1/s1. The second-order valence-electron chi connectivity index (χ2n) is 6.91. The number of amides is 1. The largest absolute Gasteiger partial charge is 0.493 e. The molecule has 1 atom stereocenters. The molecule has 4 rings (SSSR count). The van der Waals surface area contributed by atoms with Gasteiger partial charge in [0.2, 0.25) is 5.75 Å². The van der Waals surface area contributed by atoms with E-state index in [1.54, 1.807) is 19.2 Å². The van der Waals surface area contributed by atoms with Gasteiger partial charge in [0.05, 0.1) is 33.9 Å². The Morgan fingerprint density at radius 3 is 2.30 bits per heavy atom. The summed E-state index contributed by atoms with van der Waals surface area (Å²) in [5.74, 6) is 3.56. The highest BCUT2D eigenvalue weighted by Gasteiger charge is 2.35. The van der Waals surface area contributed by atoms with Crippen LogP contribution in [0.5, 0.6) is 17.2 Å². The maximum absolute atomic E-state index is 13.2. The molecule has 0 N–H and O–H groups in total. The van der Waals surface area contributed by atoms with Crippen molar-refractivity contribution in [2.45, 2.75) is 38.3 Å². The van der Waals surface area contributed by atoms with Crippen molar-refractivity contribution in [3.63, 3.8) is 0 Å². The average Bonchev–Trinajstić information content (AvgIpc) is 3.45. The van der Waals surface area contributed by atoms with Gasteiger partial charge >= 0.3 is 0 Å². The Bertz CT molecular complexity index is 850. The predicted octanol–water partition coefficient (Wildman–Crippen LogP) is 2.40. The zero-order chi connectivity index (χ0) is 19.1. The van der Waals surface area contributed by atoms with Crippen molar-refractivity contribution in [1.82, 2.24) is 19.7 Å². The Morgan fingerprint density at radius 2 is 1.74 bits per heavy atom. The van der Waals surface area contributed by atoms with Crippen LogP contribution in [0.3, 0.4) is 0 Å². The van der Waals surface area contributed by atoms with E-state index in [9.17, 15) is 4.79 Å². The van der Waals surface area contributed by atoms with Gasteiger partial charge in [0.15, 0.2) is 17.3 Å². The first-order valence-electron chi connectivity index (χ1n) is 9.13. The topological polar surface area (TPSA) is 78.7 Å². The van der Waals surface area contributed by atoms with E-state index in [1.807, 2.05) is 16.5 Å². The third-order valence-electron chi connectivity index (χ3n) is 5.23. The van der Waals surface area contributed by atoms with Gasteiger partial charge < -0.3 is 19.1 Å². The normalized spacial score (nSPS) is 18.8. The molecule has 8 heteroatoms. The Kier molecular flexibility index (Phi) is 4.41. The van der Waals surface area contributed by atoms with Crippen molar-refractivity contribution in [3.8, 4) is 17.2 Å². The summed E-state index contributed by atoms with van der Waals surface area (Å²) in [6, 6.07) is 3.22. The molecule has 2 aromatic rings. The van der Waals surface area contributed by atoms with Gasteiger partial charge in [-0.05, 0) is 31.9 Å². The number of methoxy groups -OCH3 is 3. The van der Waals surface area contributed by atoms with E-state index >= 15 is 0 Å². The van der Waals surface area contributed by atoms with Crippen LogP contribution in [-0.4, -0.2) is 53.4 Å². The highest BCUT2D eigenvalue weighted by molar-refractivity contribution is 5.96. The molecular formula is C19H24N4O4. The molecule has 27 heavy (non-hydrogen) atoms. The van der Waals surface area contributed by atoms with E-state index in [0.717, 1.165) is 24.5 Å². The van der Waals surface area contributed by atoms with Crippen LogP contribution in [0.1, 0.15) is 53.7 Å². The van der Waals surface area contributed by atoms with Crippen LogP contribution < -0.4 is 14.2 Å². The molecule has 2 heterocycles. The lowest BCUT2D eigenvalue weighted by Crippen LogP contribution is -2.41. The van der Waals surface area contributed by atoms with Crippen molar-refractivity contribution in [2.24, 2.45) is 0 Å². The second kappa shape index (κ2) is 6.75.